The van der Waals surface area contributed by atoms with Gasteiger partial charge >= 0.3 is 0 Å². The number of likely N-dealkylation sites (tertiary alicyclic amines) is 1. The Hall–Kier alpha value is -1.10. The summed E-state index contributed by atoms with van der Waals surface area (Å²) in [7, 11) is 0. The molecule has 1 heterocycles. The van der Waals surface area contributed by atoms with E-state index >= 15 is 0 Å². The van der Waals surface area contributed by atoms with Crippen molar-refractivity contribution in [2.45, 2.75) is 89.6 Å². The first-order chi connectivity index (χ1) is 13.2. The van der Waals surface area contributed by atoms with E-state index < -0.39 is 0 Å². The first-order valence-corrected chi connectivity index (χ1v) is 11.5. The van der Waals surface area contributed by atoms with Crippen LogP contribution in [0.3, 0.4) is 0 Å². The average molecular weight is 390 g/mol. The zero-order valence-corrected chi connectivity index (χ0v) is 18.1. The molecule has 4 bridgehead atoms. The number of carbonyl (C=O) groups is 2. The van der Waals surface area contributed by atoms with Crippen LogP contribution in [-0.2, 0) is 9.59 Å². The van der Waals surface area contributed by atoms with Gasteiger partial charge in [0, 0.05) is 17.5 Å². The van der Waals surface area contributed by atoms with E-state index in [9.17, 15) is 9.59 Å². The maximum Gasteiger partial charge on any atom is 0.234 e. The normalized spacial score (nSPS) is 35.8. The van der Waals surface area contributed by atoms with E-state index in [1.165, 1.54) is 38.5 Å². The molecule has 5 fully saturated rings. The van der Waals surface area contributed by atoms with Gasteiger partial charge in [0.25, 0.3) is 0 Å². The summed E-state index contributed by atoms with van der Waals surface area (Å²) in [5, 5.41) is 6.56. The first kappa shape index (κ1) is 20.2. The van der Waals surface area contributed by atoms with E-state index in [1.54, 1.807) is 0 Å². The number of hydrogen-bond acceptors (Lipinski definition) is 3. The maximum atomic E-state index is 12.8. The van der Waals surface area contributed by atoms with Crippen LogP contribution in [0.2, 0.25) is 0 Å². The highest BCUT2D eigenvalue weighted by molar-refractivity contribution is 5.79. The number of hydrogen-bond donors (Lipinski definition) is 2. The minimum absolute atomic E-state index is 0.102. The summed E-state index contributed by atoms with van der Waals surface area (Å²) in [5.41, 5.74) is -0.0394. The van der Waals surface area contributed by atoms with Crippen LogP contribution in [-0.4, -0.2) is 47.4 Å². The van der Waals surface area contributed by atoms with E-state index in [0.29, 0.717) is 18.9 Å². The zero-order chi connectivity index (χ0) is 19.9. The minimum Gasteiger partial charge on any atom is -0.351 e. The van der Waals surface area contributed by atoms with Crippen LogP contribution in [0.25, 0.3) is 0 Å². The van der Waals surface area contributed by atoms with Gasteiger partial charge in [0.2, 0.25) is 11.8 Å². The highest BCUT2D eigenvalue weighted by Crippen LogP contribution is 2.55. The molecule has 0 radical (unpaired) electrons. The molecule has 5 rings (SSSR count). The van der Waals surface area contributed by atoms with Crippen LogP contribution in [0.15, 0.2) is 0 Å². The molecule has 0 aromatic heterocycles. The Bertz CT molecular complexity index is 566. The fourth-order valence-corrected chi connectivity index (χ4v) is 6.88. The Labute approximate surface area is 170 Å². The van der Waals surface area contributed by atoms with E-state index in [2.05, 4.69) is 15.5 Å². The molecule has 0 spiro atoms. The Kier molecular flexibility index (Phi) is 5.49. The van der Waals surface area contributed by atoms with Gasteiger partial charge in [-0.3, -0.25) is 14.5 Å². The molecule has 1 saturated heterocycles. The third kappa shape index (κ3) is 4.90. The van der Waals surface area contributed by atoms with Gasteiger partial charge in [-0.2, -0.15) is 0 Å². The molecule has 28 heavy (non-hydrogen) atoms. The van der Waals surface area contributed by atoms with Crippen molar-refractivity contribution in [1.29, 1.82) is 0 Å². The van der Waals surface area contributed by atoms with Crippen molar-refractivity contribution in [2.75, 3.05) is 19.6 Å². The topological polar surface area (TPSA) is 61.4 Å². The molecule has 5 nitrogen and oxygen atoms in total. The zero-order valence-electron chi connectivity index (χ0n) is 18.1. The largest absolute Gasteiger partial charge is 0.351 e. The van der Waals surface area contributed by atoms with Gasteiger partial charge in [-0.15, -0.1) is 0 Å². The lowest BCUT2D eigenvalue weighted by atomic mass is 9.53. The standard InChI is InChI=1S/C23H39N3O2/c1-22(2,3)24-21(28)15-26-6-4-16(5-7-26)11-20(27)25-23-12-17-8-18(13-23)10-19(9-17)14-23/h16-19H,4-15H2,1-3H3,(H,24,28)(H,25,27). The summed E-state index contributed by atoms with van der Waals surface area (Å²) in [4.78, 5) is 27.2. The molecule has 4 saturated carbocycles. The Morgan fingerprint density at radius 3 is 1.96 bits per heavy atom. The van der Waals surface area contributed by atoms with Crippen LogP contribution in [0, 0.1) is 23.7 Å². The van der Waals surface area contributed by atoms with Crippen molar-refractivity contribution < 1.29 is 9.59 Å². The number of carbonyl (C=O) groups excluding carboxylic acids is 2. The van der Waals surface area contributed by atoms with Crippen LogP contribution in [0.5, 0.6) is 0 Å². The lowest BCUT2D eigenvalue weighted by molar-refractivity contribution is -0.129. The first-order valence-electron chi connectivity index (χ1n) is 11.5. The summed E-state index contributed by atoms with van der Waals surface area (Å²) >= 11 is 0. The molecule has 5 aliphatic rings. The molecule has 158 valence electrons. The molecule has 2 amide bonds. The van der Waals surface area contributed by atoms with E-state index in [1.807, 2.05) is 20.8 Å². The van der Waals surface area contributed by atoms with Gasteiger partial charge < -0.3 is 10.6 Å². The van der Waals surface area contributed by atoms with Crippen molar-refractivity contribution in [3.63, 3.8) is 0 Å². The molecular formula is C23H39N3O2. The number of amides is 2. The molecule has 4 aliphatic carbocycles. The molecule has 5 heteroatoms. The van der Waals surface area contributed by atoms with Crippen molar-refractivity contribution >= 4 is 11.8 Å². The molecule has 2 N–H and O–H groups in total. The van der Waals surface area contributed by atoms with Crippen LogP contribution >= 0.6 is 0 Å². The number of rotatable bonds is 5. The molecule has 0 aromatic rings. The van der Waals surface area contributed by atoms with Gasteiger partial charge in [0.15, 0.2) is 0 Å². The van der Waals surface area contributed by atoms with Gasteiger partial charge in [0.1, 0.15) is 0 Å². The monoisotopic (exact) mass is 389 g/mol. The number of nitrogens with zero attached hydrogens (tertiary/aromatic N) is 1. The minimum atomic E-state index is -0.176. The van der Waals surface area contributed by atoms with Crippen molar-refractivity contribution in [2.24, 2.45) is 23.7 Å². The molecule has 0 aromatic carbocycles. The van der Waals surface area contributed by atoms with Gasteiger partial charge in [0.05, 0.1) is 6.54 Å². The summed E-state index contributed by atoms with van der Waals surface area (Å²) in [6.45, 7) is 8.36. The van der Waals surface area contributed by atoms with E-state index in [-0.39, 0.29) is 22.9 Å². The third-order valence-electron chi connectivity index (χ3n) is 7.51. The number of piperidine rings is 1. The SMILES string of the molecule is CC(C)(C)NC(=O)CN1CCC(CC(=O)NC23CC4CC(CC(C4)C2)C3)CC1. The molecule has 0 atom stereocenters. The van der Waals surface area contributed by atoms with Gasteiger partial charge in [-0.05, 0) is 109 Å². The predicted octanol–water partition coefficient (Wildman–Crippen LogP) is 3.09. The van der Waals surface area contributed by atoms with Gasteiger partial charge in [-0.1, -0.05) is 0 Å². The summed E-state index contributed by atoms with van der Waals surface area (Å²) in [6.07, 6.45) is 10.6. The van der Waals surface area contributed by atoms with E-state index in [4.69, 9.17) is 0 Å². The smallest absolute Gasteiger partial charge is 0.234 e. The molecule has 1 aliphatic heterocycles. The third-order valence-corrected chi connectivity index (χ3v) is 7.51. The fraction of sp³-hybridized carbons (Fsp3) is 0.913. The summed E-state index contributed by atoms with van der Waals surface area (Å²) in [5.74, 6) is 3.46. The second-order valence-corrected chi connectivity index (χ2v) is 11.5. The Morgan fingerprint density at radius 2 is 1.46 bits per heavy atom. The maximum absolute atomic E-state index is 12.8. The Morgan fingerprint density at radius 1 is 0.929 bits per heavy atom. The molecule has 0 unspecified atom stereocenters. The average Bonchev–Trinajstić information content (AvgIpc) is 2.53. The lowest BCUT2D eigenvalue weighted by Crippen LogP contribution is -2.60. The fourth-order valence-electron chi connectivity index (χ4n) is 6.88. The van der Waals surface area contributed by atoms with Gasteiger partial charge in [-0.25, -0.2) is 0 Å². The van der Waals surface area contributed by atoms with Crippen LogP contribution in [0.4, 0.5) is 0 Å². The van der Waals surface area contributed by atoms with Crippen molar-refractivity contribution in [3.05, 3.63) is 0 Å². The second-order valence-electron chi connectivity index (χ2n) is 11.5. The van der Waals surface area contributed by atoms with Crippen LogP contribution < -0.4 is 10.6 Å². The summed E-state index contributed by atoms with van der Waals surface area (Å²) in [6, 6.07) is 0. The highest BCUT2D eigenvalue weighted by atomic mass is 16.2. The highest BCUT2D eigenvalue weighted by Gasteiger charge is 2.51. The Balaban J connectivity index is 1.20. The van der Waals surface area contributed by atoms with Crippen LogP contribution in [0.1, 0.15) is 78.6 Å². The van der Waals surface area contributed by atoms with E-state index in [0.717, 1.165) is 43.7 Å². The quantitative estimate of drug-likeness (QED) is 0.760. The van der Waals surface area contributed by atoms with Crippen molar-refractivity contribution in [3.8, 4) is 0 Å². The second kappa shape index (κ2) is 7.62. The summed E-state index contributed by atoms with van der Waals surface area (Å²) < 4.78 is 0. The number of nitrogens with one attached hydrogen (secondary N) is 2. The lowest BCUT2D eigenvalue weighted by Gasteiger charge is -2.57. The predicted molar refractivity (Wildman–Crippen MR) is 111 cm³/mol. The van der Waals surface area contributed by atoms with Crippen molar-refractivity contribution in [1.82, 2.24) is 15.5 Å². The molecular weight excluding hydrogens is 350 g/mol.